The molecule has 0 heterocycles. The Labute approximate surface area is 54.9 Å². The summed E-state index contributed by atoms with van der Waals surface area (Å²) in [7, 11) is 0. The Bertz CT molecular complexity index is 281. The van der Waals surface area contributed by atoms with Gasteiger partial charge in [0.05, 0.1) is 0 Å². The highest BCUT2D eigenvalue weighted by atomic mass is 14.2. The molecule has 9 heavy (non-hydrogen) atoms. The highest BCUT2D eigenvalue weighted by Gasteiger charge is 2.20. The van der Waals surface area contributed by atoms with E-state index in [4.69, 9.17) is 0 Å². The monoisotopic (exact) mass is 116 g/mol. The van der Waals surface area contributed by atoms with Gasteiger partial charge in [-0.2, -0.15) is 0 Å². The molecule has 0 aromatic carbocycles. The number of hydrogen-bond donors (Lipinski definition) is 0. The maximum Gasteiger partial charge on any atom is 0.0309 e. The van der Waals surface area contributed by atoms with Crippen molar-refractivity contribution in [2.75, 3.05) is 0 Å². The van der Waals surface area contributed by atoms with E-state index in [-0.39, 0.29) is 0 Å². The van der Waals surface area contributed by atoms with Gasteiger partial charge in [-0.3, -0.25) is 0 Å². The van der Waals surface area contributed by atoms with Gasteiger partial charge in [-0.1, -0.05) is 18.2 Å². The first-order chi connectivity index (χ1) is 4.27. The van der Waals surface area contributed by atoms with Crippen LogP contribution in [0.25, 0.3) is 0 Å². The van der Waals surface area contributed by atoms with Gasteiger partial charge in [-0.15, -0.1) is 5.73 Å². The molecule has 0 heteroatoms. The molecule has 0 fully saturated rings. The molecule has 0 aliphatic heterocycles. The van der Waals surface area contributed by atoms with Crippen molar-refractivity contribution in [3.63, 3.8) is 0 Å². The average Bonchev–Trinajstić information content (AvgIpc) is 2.38. The van der Waals surface area contributed by atoms with E-state index >= 15 is 0 Å². The van der Waals surface area contributed by atoms with Crippen LogP contribution in [-0.4, -0.2) is 0 Å². The molecule has 0 nitrogen and oxygen atoms in total. The second-order valence-corrected chi connectivity index (χ2v) is 2.63. The van der Waals surface area contributed by atoms with Crippen LogP contribution in [0.4, 0.5) is 0 Å². The third kappa shape index (κ3) is 0.606. The van der Waals surface area contributed by atoms with Crippen molar-refractivity contribution in [3.8, 4) is 0 Å². The molecule has 0 saturated heterocycles. The first-order valence-corrected chi connectivity index (χ1v) is 3.14. The lowest BCUT2D eigenvalue weighted by molar-refractivity contribution is 1.10. The summed E-state index contributed by atoms with van der Waals surface area (Å²) in [6.07, 6.45) is 3.22. The molecule has 2 rings (SSSR count). The fraction of sp³-hybridized carbons (Fsp3) is 0.222. The third-order valence-corrected chi connectivity index (χ3v) is 1.74. The molecular formula is C9H8. The van der Waals surface area contributed by atoms with Crippen molar-refractivity contribution in [1.82, 2.24) is 0 Å². The lowest BCUT2D eigenvalue weighted by Crippen LogP contribution is -1.95. The number of hydrogen-bond acceptors (Lipinski definition) is 0. The van der Waals surface area contributed by atoms with E-state index in [2.05, 4.69) is 25.3 Å². The molecule has 0 aromatic heterocycles. The van der Waals surface area contributed by atoms with Gasteiger partial charge in [0.2, 0.25) is 0 Å². The van der Waals surface area contributed by atoms with Gasteiger partial charge in [0, 0.05) is 11.1 Å². The first kappa shape index (κ1) is 4.84. The standard InChI is InChI=1S/C9H8/c1-6-3-8(4-6)9-5-7(9)2/h3H,1,4H2,2H3. The van der Waals surface area contributed by atoms with Gasteiger partial charge in [0.1, 0.15) is 0 Å². The zero-order chi connectivity index (χ0) is 6.43. The van der Waals surface area contributed by atoms with Crippen LogP contribution in [0.15, 0.2) is 40.7 Å². The Morgan fingerprint density at radius 2 is 2.22 bits per heavy atom. The molecule has 0 spiro atoms. The molecule has 0 radical (unpaired) electrons. The normalized spacial score (nSPS) is 21.9. The van der Waals surface area contributed by atoms with Crippen LogP contribution >= 0.6 is 0 Å². The Kier molecular flexibility index (Phi) is 0.691. The average molecular weight is 116 g/mol. The SMILES string of the molecule is C=C1C=C(C2=C=C2C)C1. The summed E-state index contributed by atoms with van der Waals surface area (Å²) in [6, 6.07) is 0. The van der Waals surface area contributed by atoms with Gasteiger partial charge in [-0.25, -0.2) is 0 Å². The molecule has 0 unspecified atom stereocenters. The molecule has 0 aromatic rings. The predicted molar refractivity (Wildman–Crippen MR) is 38.1 cm³/mol. The zero-order valence-corrected chi connectivity index (χ0v) is 5.49. The summed E-state index contributed by atoms with van der Waals surface area (Å²) < 4.78 is 0. The van der Waals surface area contributed by atoms with E-state index in [1.807, 2.05) is 0 Å². The van der Waals surface area contributed by atoms with Crippen LogP contribution in [0.1, 0.15) is 13.3 Å². The Morgan fingerprint density at radius 3 is 2.56 bits per heavy atom. The van der Waals surface area contributed by atoms with Crippen molar-refractivity contribution in [2.24, 2.45) is 0 Å². The van der Waals surface area contributed by atoms with E-state index in [9.17, 15) is 0 Å². The van der Waals surface area contributed by atoms with E-state index in [1.54, 1.807) is 0 Å². The molecule has 0 amide bonds. The van der Waals surface area contributed by atoms with E-state index in [0.29, 0.717) is 0 Å². The van der Waals surface area contributed by atoms with Crippen molar-refractivity contribution in [1.29, 1.82) is 0 Å². The minimum Gasteiger partial charge on any atom is -0.107 e. The summed E-state index contributed by atoms with van der Waals surface area (Å²) in [5, 5.41) is 0. The van der Waals surface area contributed by atoms with Crippen molar-refractivity contribution < 1.29 is 0 Å². The topological polar surface area (TPSA) is 0 Å². The van der Waals surface area contributed by atoms with Crippen molar-refractivity contribution in [3.05, 3.63) is 40.7 Å². The van der Waals surface area contributed by atoms with Gasteiger partial charge in [0.25, 0.3) is 0 Å². The van der Waals surface area contributed by atoms with Crippen LogP contribution in [0, 0.1) is 0 Å². The molecular weight excluding hydrogens is 108 g/mol. The summed E-state index contributed by atoms with van der Waals surface area (Å²) in [4.78, 5) is 0. The van der Waals surface area contributed by atoms with Crippen LogP contribution in [0.2, 0.25) is 0 Å². The van der Waals surface area contributed by atoms with E-state index < -0.39 is 0 Å². The minimum absolute atomic E-state index is 1.08. The minimum atomic E-state index is 1.08. The summed E-state index contributed by atoms with van der Waals surface area (Å²) in [5.41, 5.74) is 8.53. The smallest absolute Gasteiger partial charge is 0.0309 e. The van der Waals surface area contributed by atoms with Gasteiger partial charge < -0.3 is 0 Å². The largest absolute Gasteiger partial charge is 0.107 e. The Balaban J connectivity index is 2.14. The summed E-state index contributed by atoms with van der Waals surface area (Å²) in [5.74, 6) is 0. The van der Waals surface area contributed by atoms with E-state index in [1.165, 1.54) is 22.3 Å². The van der Waals surface area contributed by atoms with Crippen LogP contribution in [-0.2, 0) is 0 Å². The van der Waals surface area contributed by atoms with Gasteiger partial charge >= 0.3 is 0 Å². The molecule has 0 bridgehead atoms. The lowest BCUT2D eigenvalue weighted by Gasteiger charge is -2.13. The quantitative estimate of drug-likeness (QED) is 0.461. The molecule has 0 N–H and O–H groups in total. The fourth-order valence-electron chi connectivity index (χ4n) is 1.10. The second kappa shape index (κ2) is 1.29. The molecule has 2 aliphatic rings. The number of allylic oxidation sites excluding steroid dienone is 4. The zero-order valence-electron chi connectivity index (χ0n) is 5.49. The predicted octanol–water partition coefficient (Wildman–Crippen LogP) is 2.36. The maximum atomic E-state index is 3.82. The van der Waals surface area contributed by atoms with Crippen LogP contribution in [0.5, 0.6) is 0 Å². The van der Waals surface area contributed by atoms with Crippen molar-refractivity contribution in [2.45, 2.75) is 13.3 Å². The van der Waals surface area contributed by atoms with Crippen molar-refractivity contribution >= 4 is 0 Å². The van der Waals surface area contributed by atoms with Gasteiger partial charge in [0.15, 0.2) is 0 Å². The molecule has 0 saturated carbocycles. The molecule has 44 valence electrons. The lowest BCUT2D eigenvalue weighted by atomic mass is 9.90. The number of rotatable bonds is 1. The second-order valence-electron chi connectivity index (χ2n) is 2.63. The maximum absolute atomic E-state index is 3.82. The summed E-state index contributed by atoms with van der Waals surface area (Å²) in [6.45, 7) is 5.91. The first-order valence-electron chi connectivity index (χ1n) is 3.14. The highest BCUT2D eigenvalue weighted by Crippen LogP contribution is 2.37. The van der Waals surface area contributed by atoms with Crippen LogP contribution < -0.4 is 0 Å². The third-order valence-electron chi connectivity index (χ3n) is 1.74. The molecule has 0 atom stereocenters. The summed E-state index contributed by atoms with van der Waals surface area (Å²) >= 11 is 0. The van der Waals surface area contributed by atoms with Crippen LogP contribution in [0.3, 0.4) is 0 Å². The Hall–Kier alpha value is -1.00. The highest BCUT2D eigenvalue weighted by molar-refractivity contribution is 5.62. The Morgan fingerprint density at radius 1 is 1.67 bits per heavy atom. The van der Waals surface area contributed by atoms with E-state index in [0.717, 1.165) is 6.42 Å². The van der Waals surface area contributed by atoms with Gasteiger partial charge in [-0.05, 0) is 18.9 Å². The molecule has 2 aliphatic carbocycles. The fourth-order valence-corrected chi connectivity index (χ4v) is 1.10.